The second-order valence-electron chi connectivity index (χ2n) is 18.0. The number of nitrogens with zero attached hydrogens (tertiary/aromatic N) is 6. The summed E-state index contributed by atoms with van der Waals surface area (Å²) in [5, 5.41) is 2.49. The minimum absolute atomic E-state index is 0.0446. The Labute approximate surface area is 399 Å². The van der Waals surface area contributed by atoms with E-state index in [-0.39, 0.29) is 11.8 Å². The average Bonchev–Trinajstić information content (AvgIpc) is 3.77. The minimum atomic E-state index is 0.0446. The normalized spacial score (nSPS) is 14.4. The molecule has 3 aliphatic carbocycles. The zero-order valence-electron chi connectivity index (χ0n) is 37.3. The van der Waals surface area contributed by atoms with E-state index in [0.29, 0.717) is 23.3 Å². The molecule has 2 unspecified atom stereocenters. The van der Waals surface area contributed by atoms with Crippen LogP contribution in [0.25, 0.3) is 95.6 Å². The maximum absolute atomic E-state index is 5.29. The SMILES string of the molecule is c1ccc(-c2nc(-c3ccc(-n4c5ccccc5c5ccccc54)cc3)cc(-c3ccc4c(c3)C3c5ccccc5C4c4cc(-c5nc(-c6ccccc6)nc(-c6ccccc6)n5)ccc43)n2)cc1. The zero-order chi connectivity index (χ0) is 45.4. The van der Waals surface area contributed by atoms with Crippen molar-refractivity contribution in [3.05, 3.63) is 264 Å². The van der Waals surface area contributed by atoms with Gasteiger partial charge in [-0.3, -0.25) is 0 Å². The summed E-state index contributed by atoms with van der Waals surface area (Å²) in [6.45, 7) is 0. The smallest absolute Gasteiger partial charge is 0.164 e. The summed E-state index contributed by atoms with van der Waals surface area (Å²) in [7, 11) is 0. The van der Waals surface area contributed by atoms with E-state index >= 15 is 0 Å². The molecule has 0 fully saturated rings. The number of aromatic nitrogens is 6. The van der Waals surface area contributed by atoms with Crippen LogP contribution in [-0.4, -0.2) is 29.5 Å². The molecule has 2 bridgehead atoms. The van der Waals surface area contributed by atoms with Crippen LogP contribution in [0.2, 0.25) is 0 Å². The van der Waals surface area contributed by atoms with Gasteiger partial charge in [0.05, 0.1) is 22.4 Å². The van der Waals surface area contributed by atoms with Crippen molar-refractivity contribution in [2.45, 2.75) is 11.8 Å². The molecule has 69 heavy (non-hydrogen) atoms. The third-order valence-corrected chi connectivity index (χ3v) is 14.0. The monoisotopic (exact) mass is 880 g/mol. The lowest BCUT2D eigenvalue weighted by atomic mass is 9.60. The lowest BCUT2D eigenvalue weighted by Gasteiger charge is -2.42. The third kappa shape index (κ3) is 6.45. The first-order chi connectivity index (χ1) is 34.2. The number of benzene rings is 9. The zero-order valence-corrected chi connectivity index (χ0v) is 37.3. The van der Waals surface area contributed by atoms with Crippen molar-refractivity contribution < 1.29 is 0 Å². The van der Waals surface area contributed by atoms with E-state index in [1.807, 2.05) is 54.6 Å². The predicted octanol–water partition coefficient (Wildman–Crippen LogP) is 14.7. The summed E-state index contributed by atoms with van der Waals surface area (Å²) in [5.41, 5.74) is 19.1. The van der Waals surface area contributed by atoms with Gasteiger partial charge in [0.2, 0.25) is 0 Å². The van der Waals surface area contributed by atoms with Crippen LogP contribution in [0, 0.1) is 0 Å². The Hall–Kier alpha value is -9.13. The molecule has 0 spiro atoms. The minimum Gasteiger partial charge on any atom is -0.309 e. The van der Waals surface area contributed by atoms with E-state index in [1.165, 1.54) is 55.2 Å². The maximum Gasteiger partial charge on any atom is 0.164 e. The fourth-order valence-electron chi connectivity index (χ4n) is 10.9. The van der Waals surface area contributed by atoms with Gasteiger partial charge in [0.15, 0.2) is 23.3 Å². The highest BCUT2D eigenvalue weighted by molar-refractivity contribution is 6.09. The van der Waals surface area contributed by atoms with Crippen LogP contribution in [-0.2, 0) is 0 Å². The second-order valence-corrected chi connectivity index (χ2v) is 18.0. The van der Waals surface area contributed by atoms with E-state index in [9.17, 15) is 0 Å². The molecule has 9 aromatic carbocycles. The molecule has 3 aliphatic rings. The molecule has 6 nitrogen and oxygen atoms in total. The largest absolute Gasteiger partial charge is 0.309 e. The van der Waals surface area contributed by atoms with Crippen molar-refractivity contribution in [2.75, 3.05) is 0 Å². The van der Waals surface area contributed by atoms with Crippen LogP contribution < -0.4 is 0 Å². The quantitative estimate of drug-likeness (QED) is 0.159. The molecule has 0 amide bonds. The van der Waals surface area contributed by atoms with Gasteiger partial charge in [0, 0.05) is 61.7 Å². The maximum atomic E-state index is 5.29. The Morgan fingerprint density at radius 2 is 0.638 bits per heavy atom. The first-order valence-corrected chi connectivity index (χ1v) is 23.5. The van der Waals surface area contributed by atoms with E-state index in [0.717, 1.165) is 50.5 Å². The third-order valence-electron chi connectivity index (χ3n) is 14.0. The van der Waals surface area contributed by atoms with Crippen molar-refractivity contribution in [1.29, 1.82) is 0 Å². The molecule has 3 heterocycles. The van der Waals surface area contributed by atoms with Crippen molar-refractivity contribution in [3.8, 4) is 73.8 Å². The number of para-hydroxylation sites is 2. The average molecular weight is 881 g/mol. The van der Waals surface area contributed by atoms with Gasteiger partial charge in [-0.15, -0.1) is 0 Å². The summed E-state index contributed by atoms with van der Waals surface area (Å²) in [6, 6.07) is 81.6. The van der Waals surface area contributed by atoms with Gasteiger partial charge in [-0.2, -0.15) is 0 Å². The first-order valence-electron chi connectivity index (χ1n) is 23.5. The van der Waals surface area contributed by atoms with Crippen LogP contribution in [0.5, 0.6) is 0 Å². The Kier molecular flexibility index (Phi) is 8.92. The Bertz CT molecular complexity index is 3850. The van der Waals surface area contributed by atoms with Gasteiger partial charge in [0.1, 0.15) is 0 Å². The number of hydrogen-bond donors (Lipinski definition) is 0. The van der Waals surface area contributed by atoms with Crippen molar-refractivity contribution >= 4 is 21.8 Å². The lowest BCUT2D eigenvalue weighted by Crippen LogP contribution is -2.27. The predicted molar refractivity (Wildman–Crippen MR) is 277 cm³/mol. The van der Waals surface area contributed by atoms with Crippen molar-refractivity contribution in [1.82, 2.24) is 29.5 Å². The summed E-state index contributed by atoms with van der Waals surface area (Å²) >= 11 is 0. The fraction of sp³-hybridized carbons (Fsp3) is 0.0317. The lowest BCUT2D eigenvalue weighted by molar-refractivity contribution is 0.754. The number of rotatable bonds is 7. The van der Waals surface area contributed by atoms with E-state index in [2.05, 4.69) is 180 Å². The van der Waals surface area contributed by atoms with Crippen LogP contribution in [0.15, 0.2) is 231 Å². The van der Waals surface area contributed by atoms with Gasteiger partial charge in [-0.25, -0.2) is 24.9 Å². The van der Waals surface area contributed by atoms with Gasteiger partial charge >= 0.3 is 0 Å². The molecule has 3 aromatic heterocycles. The first kappa shape index (κ1) is 39.1. The van der Waals surface area contributed by atoms with Crippen molar-refractivity contribution in [2.24, 2.45) is 0 Å². The van der Waals surface area contributed by atoms with Crippen molar-refractivity contribution in [3.63, 3.8) is 0 Å². The highest BCUT2D eigenvalue weighted by Crippen LogP contribution is 2.56. The number of hydrogen-bond acceptors (Lipinski definition) is 5. The molecule has 6 heteroatoms. The summed E-state index contributed by atoms with van der Waals surface area (Å²) < 4.78 is 2.35. The fourth-order valence-corrected chi connectivity index (χ4v) is 10.9. The Morgan fingerprint density at radius 3 is 1.16 bits per heavy atom. The summed E-state index contributed by atoms with van der Waals surface area (Å²) in [6.07, 6.45) is 0. The van der Waals surface area contributed by atoms with E-state index in [1.54, 1.807) is 0 Å². The molecule has 15 rings (SSSR count). The van der Waals surface area contributed by atoms with Crippen LogP contribution in [0.4, 0.5) is 0 Å². The highest BCUT2D eigenvalue weighted by atomic mass is 15.0. The molecule has 0 aliphatic heterocycles. The van der Waals surface area contributed by atoms with Gasteiger partial charge in [0.25, 0.3) is 0 Å². The topological polar surface area (TPSA) is 69.4 Å². The molecule has 2 atom stereocenters. The van der Waals surface area contributed by atoms with Gasteiger partial charge in [-0.1, -0.05) is 188 Å². The molecular weight excluding hydrogens is 841 g/mol. The molecule has 0 radical (unpaired) electrons. The Morgan fingerprint density at radius 1 is 0.261 bits per heavy atom. The molecule has 0 saturated heterocycles. The molecule has 0 saturated carbocycles. The van der Waals surface area contributed by atoms with Crippen LogP contribution in [0.3, 0.4) is 0 Å². The van der Waals surface area contributed by atoms with E-state index in [4.69, 9.17) is 24.9 Å². The summed E-state index contributed by atoms with van der Waals surface area (Å²) in [4.78, 5) is 25.7. The van der Waals surface area contributed by atoms with E-state index < -0.39 is 0 Å². The van der Waals surface area contributed by atoms with Crippen LogP contribution >= 0.6 is 0 Å². The van der Waals surface area contributed by atoms with Gasteiger partial charge in [-0.05, 0) is 75.8 Å². The molecule has 0 N–H and O–H groups in total. The second kappa shape index (κ2) is 15.8. The number of fused-ring (bicyclic) bond motifs is 3. The van der Waals surface area contributed by atoms with Crippen LogP contribution in [0.1, 0.15) is 45.2 Å². The Balaban J connectivity index is 0.871. The molecule has 322 valence electrons. The standard InChI is InChI=1S/C63H40N6/c1-4-16-40(17-5-1)60-64-54(39-28-32-45(33-29-39)69-56-26-14-12-22-46(56)47-23-13-15-27-57(47)69)38-55(65-60)43-30-34-50-52(36-43)58-48-24-10-11-25-49(48)59(50)53-37-44(31-35-51(53)58)63-67-61(41-18-6-2-7-19-41)66-62(68-63)42-20-8-3-9-21-42/h1-38,58-59H. The van der Waals surface area contributed by atoms with Gasteiger partial charge < -0.3 is 4.57 Å². The summed E-state index contributed by atoms with van der Waals surface area (Å²) in [5.74, 6) is 2.75. The molecule has 12 aromatic rings. The molecular formula is C63H40N6. The highest BCUT2D eigenvalue weighted by Gasteiger charge is 2.41.